The van der Waals surface area contributed by atoms with Crippen LogP contribution in [0.15, 0.2) is 24.3 Å². The van der Waals surface area contributed by atoms with E-state index in [9.17, 15) is 5.21 Å². The van der Waals surface area contributed by atoms with Crippen molar-refractivity contribution >= 4 is 11.0 Å². The topological polar surface area (TPSA) is 47.3 Å². The van der Waals surface area contributed by atoms with Gasteiger partial charge < -0.3 is 9.94 Å². The molecule has 2 rings (SSSR count). The minimum Gasteiger partial charge on any atom is -0.463 e. The van der Waals surface area contributed by atoms with Gasteiger partial charge in [-0.3, -0.25) is 0 Å². The molecular formula is C9H10N2O2. The Morgan fingerprint density at radius 2 is 2.23 bits per heavy atom. The molecule has 1 aromatic carbocycles. The molecule has 13 heavy (non-hydrogen) atoms. The summed E-state index contributed by atoms with van der Waals surface area (Å²) in [7, 11) is 0. The van der Waals surface area contributed by atoms with Crippen LogP contribution in [0.1, 0.15) is 6.92 Å². The lowest BCUT2D eigenvalue weighted by Crippen LogP contribution is -1.99. The number of hydrogen-bond donors (Lipinski definition) is 1. The van der Waals surface area contributed by atoms with Gasteiger partial charge in [-0.1, -0.05) is 12.1 Å². The Labute approximate surface area is 75.3 Å². The van der Waals surface area contributed by atoms with Crippen molar-refractivity contribution in [2.24, 2.45) is 0 Å². The zero-order chi connectivity index (χ0) is 9.26. The quantitative estimate of drug-likeness (QED) is 0.711. The van der Waals surface area contributed by atoms with Crippen molar-refractivity contribution in [3.05, 3.63) is 24.3 Å². The van der Waals surface area contributed by atoms with Gasteiger partial charge in [0.25, 0.3) is 0 Å². The van der Waals surface area contributed by atoms with Crippen LogP contribution in [-0.4, -0.2) is 21.5 Å². The van der Waals surface area contributed by atoms with Crippen LogP contribution in [-0.2, 0) is 0 Å². The van der Waals surface area contributed by atoms with Gasteiger partial charge in [0.2, 0.25) is 0 Å². The number of hydrogen-bond acceptors (Lipinski definition) is 3. The average Bonchev–Trinajstić information content (AvgIpc) is 2.46. The van der Waals surface area contributed by atoms with Crippen molar-refractivity contribution < 1.29 is 9.94 Å². The standard InChI is InChI=1S/C9H10N2O2/c1-2-13-9-10-7-5-3-4-6-8(7)11(9)12/h3-6,12H,2H2,1H3. The molecule has 0 aliphatic rings. The van der Waals surface area contributed by atoms with Crippen molar-refractivity contribution in [3.63, 3.8) is 0 Å². The first kappa shape index (κ1) is 7.91. The van der Waals surface area contributed by atoms with Crippen LogP contribution in [0.4, 0.5) is 0 Å². The number of ether oxygens (including phenoxy) is 1. The van der Waals surface area contributed by atoms with Gasteiger partial charge in [0, 0.05) is 0 Å². The lowest BCUT2D eigenvalue weighted by atomic mass is 10.3. The van der Waals surface area contributed by atoms with Crippen molar-refractivity contribution in [3.8, 4) is 6.01 Å². The molecule has 0 saturated heterocycles. The van der Waals surface area contributed by atoms with Gasteiger partial charge >= 0.3 is 6.01 Å². The molecule has 1 aromatic heterocycles. The first-order valence-corrected chi connectivity index (χ1v) is 4.12. The van der Waals surface area contributed by atoms with Crippen molar-refractivity contribution in [1.82, 2.24) is 9.71 Å². The molecule has 2 aromatic rings. The van der Waals surface area contributed by atoms with E-state index < -0.39 is 0 Å². The second-order valence-electron chi connectivity index (χ2n) is 2.63. The summed E-state index contributed by atoms with van der Waals surface area (Å²) < 4.78 is 6.08. The van der Waals surface area contributed by atoms with E-state index in [2.05, 4.69) is 4.98 Å². The summed E-state index contributed by atoms with van der Waals surface area (Å²) in [6.07, 6.45) is 0. The molecule has 4 heteroatoms. The third-order valence-electron chi connectivity index (χ3n) is 1.78. The molecule has 0 unspecified atom stereocenters. The Morgan fingerprint density at radius 3 is 2.92 bits per heavy atom. The van der Waals surface area contributed by atoms with E-state index in [0.29, 0.717) is 12.1 Å². The summed E-state index contributed by atoms with van der Waals surface area (Å²) in [6.45, 7) is 2.34. The Kier molecular flexibility index (Phi) is 1.81. The van der Waals surface area contributed by atoms with Gasteiger partial charge in [-0.05, 0) is 19.1 Å². The Balaban J connectivity index is 2.60. The maximum atomic E-state index is 9.55. The van der Waals surface area contributed by atoms with Gasteiger partial charge in [0.05, 0.1) is 12.1 Å². The number of rotatable bonds is 2. The first-order chi connectivity index (χ1) is 6.33. The number of benzene rings is 1. The summed E-state index contributed by atoms with van der Waals surface area (Å²) in [5.74, 6) is 0. The molecule has 0 aliphatic carbocycles. The average molecular weight is 178 g/mol. The van der Waals surface area contributed by atoms with E-state index in [0.717, 1.165) is 10.2 Å². The molecule has 0 radical (unpaired) electrons. The van der Waals surface area contributed by atoms with Crippen molar-refractivity contribution in [2.75, 3.05) is 6.61 Å². The van der Waals surface area contributed by atoms with Gasteiger partial charge in [-0.15, -0.1) is 4.73 Å². The molecule has 0 amide bonds. The molecule has 0 fully saturated rings. The molecule has 1 N–H and O–H groups in total. The lowest BCUT2D eigenvalue weighted by Gasteiger charge is -1.99. The molecule has 1 heterocycles. The number of nitrogens with zero attached hydrogens (tertiary/aromatic N) is 2. The maximum absolute atomic E-state index is 9.55. The summed E-state index contributed by atoms with van der Waals surface area (Å²) in [5.41, 5.74) is 1.39. The molecule has 0 atom stereocenters. The molecule has 0 spiro atoms. The van der Waals surface area contributed by atoms with E-state index in [1.54, 1.807) is 6.07 Å². The van der Waals surface area contributed by atoms with E-state index in [1.807, 2.05) is 25.1 Å². The fraction of sp³-hybridized carbons (Fsp3) is 0.222. The van der Waals surface area contributed by atoms with Crippen LogP contribution >= 0.6 is 0 Å². The smallest absolute Gasteiger partial charge is 0.331 e. The van der Waals surface area contributed by atoms with E-state index in [1.165, 1.54) is 0 Å². The fourth-order valence-electron chi connectivity index (χ4n) is 1.21. The van der Waals surface area contributed by atoms with Crippen LogP contribution in [0.25, 0.3) is 11.0 Å². The number of fused-ring (bicyclic) bond motifs is 1. The van der Waals surface area contributed by atoms with E-state index >= 15 is 0 Å². The highest BCUT2D eigenvalue weighted by molar-refractivity contribution is 5.76. The Bertz CT molecular complexity index is 422. The fourth-order valence-corrected chi connectivity index (χ4v) is 1.21. The van der Waals surface area contributed by atoms with E-state index in [-0.39, 0.29) is 6.01 Å². The van der Waals surface area contributed by atoms with Gasteiger partial charge in [0.1, 0.15) is 5.52 Å². The lowest BCUT2D eigenvalue weighted by molar-refractivity contribution is 0.149. The maximum Gasteiger partial charge on any atom is 0.331 e. The zero-order valence-corrected chi connectivity index (χ0v) is 7.27. The molecule has 0 saturated carbocycles. The highest BCUT2D eigenvalue weighted by Gasteiger charge is 2.08. The molecule has 0 bridgehead atoms. The minimum atomic E-state index is 0.240. The zero-order valence-electron chi connectivity index (χ0n) is 7.27. The second kappa shape index (κ2) is 2.97. The predicted molar refractivity (Wildman–Crippen MR) is 48.1 cm³/mol. The highest BCUT2D eigenvalue weighted by atomic mass is 16.6. The monoisotopic (exact) mass is 178 g/mol. The molecule has 4 nitrogen and oxygen atoms in total. The van der Waals surface area contributed by atoms with E-state index in [4.69, 9.17) is 4.74 Å². The Morgan fingerprint density at radius 1 is 1.46 bits per heavy atom. The van der Waals surface area contributed by atoms with Gasteiger partial charge in [0.15, 0.2) is 0 Å². The summed E-state index contributed by atoms with van der Waals surface area (Å²) in [6, 6.07) is 7.55. The van der Waals surface area contributed by atoms with Crippen LogP contribution < -0.4 is 4.74 Å². The van der Waals surface area contributed by atoms with Gasteiger partial charge in [-0.25, -0.2) is 0 Å². The summed E-state index contributed by atoms with van der Waals surface area (Å²) in [5, 5.41) is 9.55. The first-order valence-electron chi connectivity index (χ1n) is 4.12. The third kappa shape index (κ3) is 1.20. The SMILES string of the molecule is CCOc1nc2ccccc2n1O. The van der Waals surface area contributed by atoms with Crippen LogP contribution in [0, 0.1) is 0 Å². The summed E-state index contributed by atoms with van der Waals surface area (Å²) >= 11 is 0. The van der Waals surface area contributed by atoms with Crippen LogP contribution in [0.2, 0.25) is 0 Å². The van der Waals surface area contributed by atoms with Crippen LogP contribution in [0.3, 0.4) is 0 Å². The normalized spacial score (nSPS) is 10.5. The second-order valence-corrected chi connectivity index (χ2v) is 2.63. The number of imidazole rings is 1. The molecule has 0 aliphatic heterocycles. The third-order valence-corrected chi connectivity index (χ3v) is 1.78. The van der Waals surface area contributed by atoms with Crippen LogP contribution in [0.5, 0.6) is 6.01 Å². The van der Waals surface area contributed by atoms with Crippen molar-refractivity contribution in [2.45, 2.75) is 6.92 Å². The molecular weight excluding hydrogens is 168 g/mol. The van der Waals surface area contributed by atoms with Crippen molar-refractivity contribution in [1.29, 1.82) is 0 Å². The molecule has 68 valence electrons. The largest absolute Gasteiger partial charge is 0.463 e. The Hall–Kier alpha value is -1.71. The number of aromatic nitrogens is 2. The highest BCUT2D eigenvalue weighted by Crippen LogP contribution is 2.18. The van der Waals surface area contributed by atoms with Gasteiger partial charge in [-0.2, -0.15) is 4.98 Å². The predicted octanol–water partition coefficient (Wildman–Crippen LogP) is 1.67. The number of para-hydroxylation sites is 2. The minimum absolute atomic E-state index is 0.240. The summed E-state index contributed by atoms with van der Waals surface area (Å²) in [4.78, 5) is 4.09.